The Morgan fingerprint density at radius 1 is 1.03 bits per heavy atom. The molecule has 0 radical (unpaired) electrons. The van der Waals surface area contributed by atoms with Gasteiger partial charge in [-0.1, -0.05) is 36.4 Å². The summed E-state index contributed by atoms with van der Waals surface area (Å²) in [6.07, 6.45) is 1.90. The van der Waals surface area contributed by atoms with Gasteiger partial charge in [0.1, 0.15) is 12.4 Å². The Hall–Kier alpha value is -3.12. The third kappa shape index (κ3) is 5.03. The molecule has 5 nitrogen and oxygen atoms in total. The molecule has 0 atom stereocenters. The molecule has 0 unspecified atom stereocenters. The second kappa shape index (κ2) is 8.49. The standard InChI is InChI=1S/C23H22N2O3S/c1-15-7-10-18(19(13-15)28-14-16-5-3-2-4-6-16)24-23(27)20-11-12-21(29-20)25-22(26)17-8-9-17/h2-7,10-13,17H,8-9,14H2,1H3,(H,24,27)(H,25,26). The minimum absolute atomic E-state index is 0.0361. The molecule has 0 aliphatic heterocycles. The first kappa shape index (κ1) is 19.2. The van der Waals surface area contributed by atoms with E-state index in [0.29, 0.717) is 27.9 Å². The van der Waals surface area contributed by atoms with Crippen LogP contribution < -0.4 is 15.4 Å². The lowest BCUT2D eigenvalue weighted by atomic mass is 10.2. The van der Waals surface area contributed by atoms with Crippen molar-refractivity contribution in [1.82, 2.24) is 0 Å². The number of carbonyl (C=O) groups excluding carboxylic acids is 2. The highest BCUT2D eigenvalue weighted by Crippen LogP contribution is 2.32. The summed E-state index contributed by atoms with van der Waals surface area (Å²) in [5.41, 5.74) is 2.72. The molecule has 1 aliphatic carbocycles. The van der Waals surface area contributed by atoms with E-state index < -0.39 is 0 Å². The fourth-order valence-corrected chi connectivity index (χ4v) is 3.67. The minimum atomic E-state index is -0.227. The molecule has 1 aliphatic rings. The van der Waals surface area contributed by atoms with E-state index in [1.807, 2.05) is 55.5 Å². The molecule has 4 rings (SSSR count). The zero-order valence-corrected chi connectivity index (χ0v) is 16.9. The first-order valence-corrected chi connectivity index (χ1v) is 10.4. The van der Waals surface area contributed by atoms with Gasteiger partial charge in [-0.2, -0.15) is 0 Å². The molecule has 0 spiro atoms. The van der Waals surface area contributed by atoms with Crippen molar-refractivity contribution in [1.29, 1.82) is 0 Å². The van der Waals surface area contributed by atoms with Crippen LogP contribution >= 0.6 is 11.3 Å². The number of amides is 2. The van der Waals surface area contributed by atoms with Crippen LogP contribution in [-0.2, 0) is 11.4 Å². The summed E-state index contributed by atoms with van der Waals surface area (Å²) in [7, 11) is 0. The van der Waals surface area contributed by atoms with Crippen molar-refractivity contribution < 1.29 is 14.3 Å². The molecule has 1 fully saturated rings. The van der Waals surface area contributed by atoms with Crippen molar-refractivity contribution in [2.24, 2.45) is 5.92 Å². The predicted molar refractivity (Wildman–Crippen MR) is 116 cm³/mol. The van der Waals surface area contributed by atoms with Crippen molar-refractivity contribution in [3.05, 3.63) is 76.7 Å². The molecule has 6 heteroatoms. The van der Waals surface area contributed by atoms with Gasteiger partial charge in [0.15, 0.2) is 0 Å². The van der Waals surface area contributed by atoms with Crippen molar-refractivity contribution in [2.75, 3.05) is 10.6 Å². The molecule has 29 heavy (non-hydrogen) atoms. The number of thiophene rings is 1. The van der Waals surface area contributed by atoms with E-state index in [1.54, 1.807) is 12.1 Å². The summed E-state index contributed by atoms with van der Waals surface area (Å²) >= 11 is 1.27. The van der Waals surface area contributed by atoms with Crippen molar-refractivity contribution in [3.63, 3.8) is 0 Å². The topological polar surface area (TPSA) is 67.4 Å². The zero-order chi connectivity index (χ0) is 20.2. The fraction of sp³-hybridized carbons (Fsp3) is 0.217. The van der Waals surface area contributed by atoms with Crippen LogP contribution in [0.5, 0.6) is 5.75 Å². The molecule has 1 aromatic heterocycles. The fourth-order valence-electron chi connectivity index (χ4n) is 2.87. The van der Waals surface area contributed by atoms with E-state index in [1.165, 1.54) is 11.3 Å². The Labute approximate surface area is 173 Å². The average molecular weight is 407 g/mol. The maximum atomic E-state index is 12.7. The molecule has 2 aromatic carbocycles. The second-order valence-corrected chi connectivity index (χ2v) is 8.24. The number of benzene rings is 2. The molecule has 3 aromatic rings. The van der Waals surface area contributed by atoms with Crippen molar-refractivity contribution >= 4 is 33.8 Å². The van der Waals surface area contributed by atoms with Crippen LogP contribution in [-0.4, -0.2) is 11.8 Å². The highest BCUT2D eigenvalue weighted by Gasteiger charge is 2.29. The van der Waals surface area contributed by atoms with Gasteiger partial charge in [-0.3, -0.25) is 9.59 Å². The van der Waals surface area contributed by atoms with E-state index in [4.69, 9.17) is 4.74 Å². The third-order valence-electron chi connectivity index (χ3n) is 4.65. The number of hydrogen-bond acceptors (Lipinski definition) is 4. The minimum Gasteiger partial charge on any atom is -0.487 e. The van der Waals surface area contributed by atoms with Crippen LogP contribution in [0.15, 0.2) is 60.7 Å². The van der Waals surface area contributed by atoms with Gasteiger partial charge in [0.2, 0.25) is 5.91 Å². The first-order chi connectivity index (χ1) is 14.1. The van der Waals surface area contributed by atoms with Gasteiger partial charge in [0.05, 0.1) is 15.6 Å². The van der Waals surface area contributed by atoms with Gasteiger partial charge in [-0.05, 0) is 55.2 Å². The number of nitrogens with one attached hydrogen (secondary N) is 2. The predicted octanol–water partition coefficient (Wildman–Crippen LogP) is 5.24. The van der Waals surface area contributed by atoms with Gasteiger partial charge in [-0.25, -0.2) is 0 Å². The first-order valence-electron chi connectivity index (χ1n) is 9.58. The summed E-state index contributed by atoms with van der Waals surface area (Å²) in [5, 5.41) is 6.49. The average Bonchev–Trinajstić information content (AvgIpc) is 3.48. The van der Waals surface area contributed by atoms with E-state index in [2.05, 4.69) is 10.6 Å². The molecule has 148 valence electrons. The van der Waals surface area contributed by atoms with Gasteiger partial charge in [-0.15, -0.1) is 11.3 Å². The normalized spacial score (nSPS) is 13.0. The van der Waals surface area contributed by atoms with Gasteiger partial charge < -0.3 is 15.4 Å². The lowest BCUT2D eigenvalue weighted by Crippen LogP contribution is -2.12. The third-order valence-corrected chi connectivity index (χ3v) is 5.65. The SMILES string of the molecule is Cc1ccc(NC(=O)c2ccc(NC(=O)C3CC3)s2)c(OCc2ccccc2)c1. The highest BCUT2D eigenvalue weighted by molar-refractivity contribution is 7.18. The van der Waals surface area contributed by atoms with Crippen LogP contribution in [0.1, 0.15) is 33.6 Å². The Kier molecular flexibility index (Phi) is 5.62. The lowest BCUT2D eigenvalue weighted by molar-refractivity contribution is -0.117. The molecule has 0 bridgehead atoms. The molecule has 1 saturated carbocycles. The molecule has 2 amide bonds. The van der Waals surface area contributed by atoms with Crippen molar-refractivity contribution in [2.45, 2.75) is 26.4 Å². The van der Waals surface area contributed by atoms with Crippen LogP contribution in [0.3, 0.4) is 0 Å². The summed E-state index contributed by atoms with van der Waals surface area (Å²) < 4.78 is 5.96. The largest absolute Gasteiger partial charge is 0.487 e. The second-order valence-electron chi connectivity index (χ2n) is 7.16. The summed E-state index contributed by atoms with van der Waals surface area (Å²) in [5.74, 6) is 0.566. The quantitative estimate of drug-likeness (QED) is 0.564. The van der Waals surface area contributed by atoms with Gasteiger partial charge in [0.25, 0.3) is 5.91 Å². The van der Waals surface area contributed by atoms with E-state index >= 15 is 0 Å². The number of rotatable bonds is 7. The maximum Gasteiger partial charge on any atom is 0.265 e. The molecule has 1 heterocycles. The van der Waals surface area contributed by atoms with Crippen LogP contribution in [0.4, 0.5) is 10.7 Å². The molecular weight excluding hydrogens is 384 g/mol. The number of aryl methyl sites for hydroxylation is 1. The monoisotopic (exact) mass is 406 g/mol. The van der Waals surface area contributed by atoms with E-state index in [0.717, 1.165) is 24.0 Å². The number of carbonyl (C=O) groups is 2. The van der Waals surface area contributed by atoms with E-state index in [9.17, 15) is 9.59 Å². The van der Waals surface area contributed by atoms with Crippen LogP contribution in [0.2, 0.25) is 0 Å². The smallest absolute Gasteiger partial charge is 0.265 e. The van der Waals surface area contributed by atoms with Crippen LogP contribution in [0, 0.1) is 12.8 Å². The summed E-state index contributed by atoms with van der Waals surface area (Å²) in [6, 6.07) is 19.1. The number of ether oxygens (including phenoxy) is 1. The Morgan fingerprint density at radius 3 is 2.59 bits per heavy atom. The van der Waals surface area contributed by atoms with Gasteiger partial charge >= 0.3 is 0 Å². The maximum absolute atomic E-state index is 12.7. The summed E-state index contributed by atoms with van der Waals surface area (Å²) in [4.78, 5) is 25.1. The Balaban J connectivity index is 1.43. The number of anilines is 2. The zero-order valence-electron chi connectivity index (χ0n) is 16.1. The molecule has 2 N–H and O–H groups in total. The van der Waals surface area contributed by atoms with Gasteiger partial charge in [0, 0.05) is 5.92 Å². The highest BCUT2D eigenvalue weighted by atomic mass is 32.1. The van der Waals surface area contributed by atoms with Crippen LogP contribution in [0.25, 0.3) is 0 Å². The molecule has 0 saturated heterocycles. The Bertz CT molecular complexity index is 1030. The van der Waals surface area contributed by atoms with E-state index in [-0.39, 0.29) is 17.7 Å². The lowest BCUT2D eigenvalue weighted by Gasteiger charge is -2.13. The Morgan fingerprint density at radius 2 is 1.83 bits per heavy atom. The van der Waals surface area contributed by atoms with Crippen molar-refractivity contribution in [3.8, 4) is 5.75 Å². The summed E-state index contributed by atoms with van der Waals surface area (Å²) in [6.45, 7) is 2.40. The molecular formula is C23H22N2O3S. The number of hydrogen-bond donors (Lipinski definition) is 2.